The number of anilines is 1. The Morgan fingerprint density at radius 1 is 0.964 bits per heavy atom. The zero-order valence-electron chi connectivity index (χ0n) is 16.9. The van der Waals surface area contributed by atoms with Crippen LogP contribution in [0.4, 0.5) is 5.95 Å². The van der Waals surface area contributed by atoms with Gasteiger partial charge in [-0.3, -0.25) is 5.43 Å². The van der Waals surface area contributed by atoms with Gasteiger partial charge in [-0.05, 0) is 48.7 Å². The molecule has 4 rings (SSSR count). The van der Waals surface area contributed by atoms with E-state index in [1.165, 1.54) is 29.5 Å². The second kappa shape index (κ2) is 8.67. The van der Waals surface area contributed by atoms with E-state index in [0.29, 0.717) is 5.95 Å². The summed E-state index contributed by atoms with van der Waals surface area (Å²) < 4.78 is 0. The Hall–Kier alpha value is -2.50. The van der Waals surface area contributed by atoms with Crippen molar-refractivity contribution in [2.24, 2.45) is 0 Å². The van der Waals surface area contributed by atoms with Crippen LogP contribution in [0, 0.1) is 0 Å². The Labute approximate surface area is 167 Å². The molecular formula is C23H29N5. The molecule has 0 bridgehead atoms. The van der Waals surface area contributed by atoms with Crippen LogP contribution in [0.2, 0.25) is 0 Å². The van der Waals surface area contributed by atoms with E-state index in [4.69, 9.17) is 4.98 Å². The van der Waals surface area contributed by atoms with Gasteiger partial charge in [0.1, 0.15) is 0 Å². The maximum Gasteiger partial charge on any atom is 0.238 e. The standard InChI is InChI=1S/C23H29N5/c1-3-4-5-18-6-8-19(9-7-18)20-10-11-22-21(16-20)17-24-23(25-22)26-28-14-12-27(2)13-15-28/h6-11,16-17H,3-5,12-15H2,1-2H3,(H,24,25,26). The predicted molar refractivity (Wildman–Crippen MR) is 116 cm³/mol. The maximum atomic E-state index is 4.69. The number of piperazine rings is 1. The first-order valence-corrected chi connectivity index (χ1v) is 10.3. The summed E-state index contributed by atoms with van der Waals surface area (Å²) in [6, 6.07) is 15.3. The third-order valence-corrected chi connectivity index (χ3v) is 5.45. The van der Waals surface area contributed by atoms with Gasteiger partial charge < -0.3 is 4.90 Å². The Morgan fingerprint density at radius 3 is 2.46 bits per heavy atom. The molecule has 146 valence electrons. The number of nitrogens with zero attached hydrogens (tertiary/aromatic N) is 4. The van der Waals surface area contributed by atoms with Crippen LogP contribution in [0.1, 0.15) is 25.3 Å². The molecule has 0 aliphatic carbocycles. The van der Waals surface area contributed by atoms with Crippen molar-refractivity contribution in [3.05, 3.63) is 54.2 Å². The number of hydrogen-bond acceptors (Lipinski definition) is 5. The summed E-state index contributed by atoms with van der Waals surface area (Å²) in [6.45, 7) is 6.30. The van der Waals surface area contributed by atoms with Crippen molar-refractivity contribution < 1.29 is 0 Å². The van der Waals surface area contributed by atoms with Crippen LogP contribution in [0.3, 0.4) is 0 Å². The summed E-state index contributed by atoms with van der Waals surface area (Å²) in [7, 11) is 2.15. The van der Waals surface area contributed by atoms with Gasteiger partial charge in [-0.1, -0.05) is 43.7 Å². The zero-order chi connectivity index (χ0) is 19.3. The number of fused-ring (bicyclic) bond motifs is 1. The number of rotatable bonds is 6. The molecule has 1 fully saturated rings. The van der Waals surface area contributed by atoms with E-state index in [0.717, 1.165) is 43.5 Å². The first-order valence-electron chi connectivity index (χ1n) is 10.3. The molecule has 5 nitrogen and oxygen atoms in total. The fourth-order valence-corrected chi connectivity index (χ4v) is 3.57. The van der Waals surface area contributed by atoms with Crippen LogP contribution in [-0.2, 0) is 6.42 Å². The van der Waals surface area contributed by atoms with Crippen LogP contribution in [0.5, 0.6) is 0 Å². The van der Waals surface area contributed by atoms with Gasteiger partial charge in [0.25, 0.3) is 0 Å². The van der Waals surface area contributed by atoms with Gasteiger partial charge in [-0.2, -0.15) is 0 Å². The van der Waals surface area contributed by atoms with E-state index in [1.54, 1.807) is 0 Å². The van der Waals surface area contributed by atoms with E-state index < -0.39 is 0 Å². The van der Waals surface area contributed by atoms with Crippen molar-refractivity contribution in [2.75, 3.05) is 38.7 Å². The lowest BCUT2D eigenvalue weighted by molar-refractivity contribution is 0.178. The van der Waals surface area contributed by atoms with Crippen molar-refractivity contribution in [2.45, 2.75) is 26.2 Å². The minimum absolute atomic E-state index is 0.671. The van der Waals surface area contributed by atoms with Crippen LogP contribution in [0.25, 0.3) is 22.0 Å². The van der Waals surface area contributed by atoms with E-state index in [9.17, 15) is 0 Å². The molecule has 1 aromatic heterocycles. The van der Waals surface area contributed by atoms with Gasteiger partial charge in [-0.25, -0.2) is 15.0 Å². The molecule has 5 heteroatoms. The summed E-state index contributed by atoms with van der Waals surface area (Å²) in [5.41, 5.74) is 8.17. The molecule has 1 saturated heterocycles. The fraction of sp³-hybridized carbons (Fsp3) is 0.391. The average molecular weight is 376 g/mol. The highest BCUT2D eigenvalue weighted by Gasteiger charge is 2.14. The van der Waals surface area contributed by atoms with E-state index in [1.807, 2.05) is 6.20 Å². The third kappa shape index (κ3) is 4.49. The van der Waals surface area contributed by atoms with Gasteiger partial charge >= 0.3 is 0 Å². The Bertz CT molecular complexity index is 914. The monoisotopic (exact) mass is 375 g/mol. The molecule has 0 atom stereocenters. The van der Waals surface area contributed by atoms with Crippen LogP contribution in [0.15, 0.2) is 48.7 Å². The number of benzene rings is 2. The summed E-state index contributed by atoms with van der Waals surface area (Å²) in [4.78, 5) is 11.5. The van der Waals surface area contributed by atoms with Crippen molar-refractivity contribution >= 4 is 16.9 Å². The number of aromatic nitrogens is 2. The molecule has 0 saturated carbocycles. The second-order valence-corrected chi connectivity index (χ2v) is 7.67. The number of unbranched alkanes of at least 4 members (excludes halogenated alkanes) is 1. The highest BCUT2D eigenvalue weighted by Crippen LogP contribution is 2.24. The lowest BCUT2D eigenvalue weighted by Gasteiger charge is -2.32. The molecule has 0 spiro atoms. The molecular weight excluding hydrogens is 346 g/mol. The number of aryl methyl sites for hydroxylation is 1. The minimum atomic E-state index is 0.671. The number of nitrogens with one attached hydrogen (secondary N) is 1. The predicted octanol–water partition coefficient (Wildman–Crippen LogP) is 4.21. The normalized spacial score (nSPS) is 15.8. The highest BCUT2D eigenvalue weighted by molar-refractivity contribution is 5.84. The summed E-state index contributed by atoms with van der Waals surface area (Å²) >= 11 is 0. The molecule has 1 aliphatic heterocycles. The molecule has 28 heavy (non-hydrogen) atoms. The minimum Gasteiger partial charge on any atom is -0.304 e. The lowest BCUT2D eigenvalue weighted by atomic mass is 10.0. The smallest absolute Gasteiger partial charge is 0.238 e. The van der Waals surface area contributed by atoms with E-state index >= 15 is 0 Å². The molecule has 3 aromatic rings. The van der Waals surface area contributed by atoms with Gasteiger partial charge in [0.15, 0.2) is 0 Å². The number of hydrazine groups is 1. The second-order valence-electron chi connectivity index (χ2n) is 7.67. The van der Waals surface area contributed by atoms with Crippen molar-refractivity contribution in [3.63, 3.8) is 0 Å². The van der Waals surface area contributed by atoms with Crippen molar-refractivity contribution in [1.82, 2.24) is 19.9 Å². The molecule has 2 heterocycles. The first kappa shape index (κ1) is 18.8. The van der Waals surface area contributed by atoms with Gasteiger partial charge in [0.05, 0.1) is 5.52 Å². The summed E-state index contributed by atoms with van der Waals surface area (Å²) in [5.74, 6) is 0.671. The topological polar surface area (TPSA) is 44.3 Å². The van der Waals surface area contributed by atoms with Crippen LogP contribution < -0.4 is 5.43 Å². The van der Waals surface area contributed by atoms with Crippen LogP contribution >= 0.6 is 0 Å². The maximum absolute atomic E-state index is 4.69. The van der Waals surface area contributed by atoms with Gasteiger partial charge in [-0.15, -0.1) is 0 Å². The molecule has 1 aliphatic rings. The van der Waals surface area contributed by atoms with Crippen molar-refractivity contribution in [3.8, 4) is 11.1 Å². The largest absolute Gasteiger partial charge is 0.304 e. The first-order chi connectivity index (χ1) is 13.7. The molecule has 0 amide bonds. The van der Waals surface area contributed by atoms with Crippen molar-refractivity contribution in [1.29, 1.82) is 0 Å². The van der Waals surface area contributed by atoms with E-state index in [2.05, 4.69) is 76.8 Å². The third-order valence-electron chi connectivity index (χ3n) is 5.45. The van der Waals surface area contributed by atoms with E-state index in [-0.39, 0.29) is 0 Å². The average Bonchev–Trinajstić information content (AvgIpc) is 2.74. The highest BCUT2D eigenvalue weighted by atomic mass is 15.5. The zero-order valence-corrected chi connectivity index (χ0v) is 16.9. The van der Waals surface area contributed by atoms with Crippen LogP contribution in [-0.4, -0.2) is 53.1 Å². The number of hydrogen-bond donors (Lipinski definition) is 1. The Morgan fingerprint density at radius 2 is 1.71 bits per heavy atom. The summed E-state index contributed by atoms with van der Waals surface area (Å²) in [5, 5.41) is 3.26. The molecule has 1 N–H and O–H groups in total. The quantitative estimate of drug-likeness (QED) is 0.699. The molecule has 0 unspecified atom stereocenters. The molecule has 0 radical (unpaired) electrons. The fourth-order valence-electron chi connectivity index (χ4n) is 3.57. The van der Waals surface area contributed by atoms with Gasteiger partial charge in [0, 0.05) is 37.8 Å². The lowest BCUT2D eigenvalue weighted by Crippen LogP contribution is -2.47. The molecule has 2 aromatic carbocycles. The Kier molecular flexibility index (Phi) is 5.84. The number of likely N-dealkylation sites (N-methyl/N-ethyl adjacent to an activating group) is 1. The van der Waals surface area contributed by atoms with Gasteiger partial charge in [0.2, 0.25) is 5.95 Å². The summed E-state index contributed by atoms with van der Waals surface area (Å²) in [6.07, 6.45) is 5.56. The Balaban J connectivity index is 1.48. The SMILES string of the molecule is CCCCc1ccc(-c2ccc3nc(NN4CCN(C)CC4)ncc3c2)cc1.